The molecule has 1 nitrogen and oxygen atoms in total. The predicted octanol–water partition coefficient (Wildman–Crippen LogP) is 0.942. The van der Waals surface area contributed by atoms with E-state index in [0.717, 1.165) is 0 Å². The van der Waals surface area contributed by atoms with Crippen molar-refractivity contribution in [3.63, 3.8) is 0 Å². The molecular weight excluding hydrogens is 163 g/mol. The third-order valence-corrected chi connectivity index (χ3v) is 0.316. The van der Waals surface area contributed by atoms with Gasteiger partial charge in [-0.05, 0) is 14.1 Å². The molecule has 0 amide bonds. The Hall–Kier alpha value is 0.644. The van der Waals surface area contributed by atoms with E-state index in [1.165, 1.54) is 0 Å². The van der Waals surface area contributed by atoms with Gasteiger partial charge in [0.1, 0.15) is 0 Å². The minimum atomic E-state index is 0. The Kier molecular flexibility index (Phi) is 21.9. The van der Waals surface area contributed by atoms with Gasteiger partial charge in [0.15, 0.2) is 0 Å². The Morgan fingerprint density at radius 2 is 1.57 bits per heavy atom. The topological polar surface area (TPSA) is 3.24 Å². The minimum absolute atomic E-state index is 0. The number of hydrogen-bond donors (Lipinski definition) is 0. The van der Waals surface area contributed by atoms with Crippen LogP contribution < -0.4 is 0 Å². The minimum Gasteiger partial charge on any atom is -0.560 e. The van der Waals surface area contributed by atoms with Crippen LogP contribution in [0, 0.1) is 13.6 Å². The van der Waals surface area contributed by atoms with Gasteiger partial charge in [-0.3, -0.25) is 6.58 Å². The predicted molar refractivity (Wildman–Crippen MR) is 29.0 cm³/mol. The summed E-state index contributed by atoms with van der Waals surface area (Å²) in [5.41, 5.74) is 0. The van der Waals surface area contributed by atoms with Crippen molar-refractivity contribution in [2.75, 3.05) is 14.1 Å². The molecule has 0 fully saturated rings. The summed E-state index contributed by atoms with van der Waals surface area (Å²) in [6.07, 6.45) is 2.61. The summed E-state index contributed by atoms with van der Waals surface area (Å²) in [6, 6.07) is 0. The van der Waals surface area contributed by atoms with Gasteiger partial charge >= 0.3 is 0 Å². The van der Waals surface area contributed by atoms with E-state index in [4.69, 9.17) is 0 Å². The first-order valence-electron chi connectivity index (χ1n) is 1.47. The van der Waals surface area contributed by atoms with Crippen molar-refractivity contribution < 1.29 is 32.7 Å². The summed E-state index contributed by atoms with van der Waals surface area (Å²) in [5, 5.41) is 0. The van der Waals surface area contributed by atoms with Crippen molar-refractivity contribution in [3.05, 3.63) is 20.2 Å². The molecule has 0 saturated carbocycles. The van der Waals surface area contributed by atoms with E-state index in [9.17, 15) is 0 Å². The van der Waals surface area contributed by atoms with E-state index in [-0.39, 0.29) is 40.1 Å². The molecule has 0 aromatic heterocycles. The maximum atomic E-state index is 3.36. The van der Waals surface area contributed by atoms with Gasteiger partial charge in [-0.1, -0.05) is 0 Å². The number of nitrogens with zero attached hydrogens (tertiary/aromatic N) is 1. The molecule has 0 heterocycles. The van der Waals surface area contributed by atoms with Crippen LogP contribution in [-0.4, -0.2) is 19.0 Å². The van der Waals surface area contributed by atoms with Crippen molar-refractivity contribution in [2.24, 2.45) is 0 Å². The van der Waals surface area contributed by atoms with E-state index in [1.54, 1.807) is 4.90 Å². The van der Waals surface area contributed by atoms with Gasteiger partial charge in [-0.2, -0.15) is 0 Å². The third kappa shape index (κ3) is 20.5. The Bertz CT molecular complexity index is 35.1. The summed E-state index contributed by atoms with van der Waals surface area (Å²) in [7, 11) is 3.76. The molecule has 0 bridgehead atoms. The summed E-state index contributed by atoms with van der Waals surface area (Å²) in [6.45, 7) is 3.36. The molecule has 0 aromatic rings. The van der Waals surface area contributed by atoms with E-state index >= 15 is 0 Å². The maximum Gasteiger partial charge on any atom is 0 e. The molecule has 41 valence electrons. The summed E-state index contributed by atoms with van der Waals surface area (Å²) in [4.78, 5) is 1.76. The zero-order valence-corrected chi connectivity index (χ0v) is 8.07. The maximum absolute atomic E-state index is 3.36. The van der Waals surface area contributed by atoms with Gasteiger partial charge < -0.3 is 18.5 Å². The van der Waals surface area contributed by atoms with Crippen molar-refractivity contribution in [1.82, 2.24) is 4.90 Å². The fourth-order valence-corrected chi connectivity index (χ4v) is 0. The smallest absolute Gasteiger partial charge is 0 e. The first-order chi connectivity index (χ1) is 2.27. The summed E-state index contributed by atoms with van der Waals surface area (Å²) in [5.74, 6) is 0. The van der Waals surface area contributed by atoms with E-state index < -0.39 is 0 Å². The van der Waals surface area contributed by atoms with Crippen molar-refractivity contribution in [1.29, 1.82) is 0 Å². The fourth-order valence-electron chi connectivity index (χ4n) is 0. The van der Waals surface area contributed by atoms with Crippen LogP contribution >= 0.6 is 0 Å². The van der Waals surface area contributed by atoms with Gasteiger partial charge in [0.25, 0.3) is 0 Å². The molecule has 0 rings (SSSR count). The van der Waals surface area contributed by atoms with Crippen molar-refractivity contribution >= 4 is 0 Å². The molecule has 0 aliphatic rings. The van der Waals surface area contributed by atoms with Crippen LogP contribution in [0.4, 0.5) is 0 Å². The molecule has 0 atom stereocenters. The molecule has 0 unspecified atom stereocenters. The second kappa shape index (κ2) is 9.81. The van der Waals surface area contributed by atoms with Gasteiger partial charge in [0, 0.05) is 32.7 Å². The Balaban J connectivity index is -0.0000000800. The van der Waals surface area contributed by atoms with Crippen LogP contribution in [0.2, 0.25) is 0 Å². The fraction of sp³-hybridized carbons (Fsp3) is 0.400. The third-order valence-electron chi connectivity index (χ3n) is 0.316. The van der Waals surface area contributed by atoms with Gasteiger partial charge in [0.05, 0.1) is 0 Å². The van der Waals surface area contributed by atoms with Crippen LogP contribution in [0.15, 0.2) is 6.58 Å². The Morgan fingerprint density at radius 3 is 1.57 bits per heavy atom. The first kappa shape index (κ1) is 15.6. The standard InChI is InChI=1S/C4H8N.CH3.Y/c1-4-5(2)3;;/h1H2,2-3H3;1H3;/q2*-1;. The van der Waals surface area contributed by atoms with Gasteiger partial charge in [0.2, 0.25) is 0 Å². The van der Waals surface area contributed by atoms with Crippen LogP contribution in [-0.2, 0) is 32.7 Å². The van der Waals surface area contributed by atoms with E-state index in [1.807, 2.05) is 14.1 Å². The quantitative estimate of drug-likeness (QED) is 0.422. The largest absolute Gasteiger partial charge is 0.560 e. The number of rotatable bonds is 1. The van der Waals surface area contributed by atoms with Crippen LogP contribution in [0.1, 0.15) is 0 Å². The molecule has 0 saturated heterocycles. The molecule has 0 aliphatic carbocycles. The average Bonchev–Trinajstić information content (AvgIpc) is 1.38. The average molecular weight is 174 g/mol. The zero-order chi connectivity index (χ0) is 4.28. The zero-order valence-electron chi connectivity index (χ0n) is 5.23. The second-order valence-corrected chi connectivity index (χ2v) is 1.05. The van der Waals surface area contributed by atoms with Crippen LogP contribution in [0.25, 0.3) is 0 Å². The van der Waals surface area contributed by atoms with E-state index in [0.29, 0.717) is 0 Å². The van der Waals surface area contributed by atoms with Crippen LogP contribution in [0.3, 0.4) is 0 Å². The van der Waals surface area contributed by atoms with Crippen molar-refractivity contribution in [2.45, 2.75) is 0 Å². The van der Waals surface area contributed by atoms with Gasteiger partial charge in [-0.25, -0.2) is 0 Å². The summed E-state index contributed by atoms with van der Waals surface area (Å²) < 4.78 is 0. The molecule has 7 heavy (non-hydrogen) atoms. The molecule has 0 N–H and O–H groups in total. The molecular formula is C5H11NY-2. The molecule has 0 aliphatic heterocycles. The summed E-state index contributed by atoms with van der Waals surface area (Å²) >= 11 is 0. The number of hydrogen-bond acceptors (Lipinski definition) is 1. The molecule has 0 aromatic carbocycles. The molecule has 1 radical (unpaired) electrons. The first-order valence-corrected chi connectivity index (χ1v) is 1.47. The Labute approximate surface area is 71.7 Å². The van der Waals surface area contributed by atoms with E-state index in [2.05, 4.69) is 12.8 Å². The van der Waals surface area contributed by atoms with Crippen LogP contribution in [0.5, 0.6) is 0 Å². The normalized spacial score (nSPS) is 4.86. The molecule has 0 spiro atoms. The monoisotopic (exact) mass is 174 g/mol. The van der Waals surface area contributed by atoms with Gasteiger partial charge in [-0.15, -0.1) is 0 Å². The van der Waals surface area contributed by atoms with Crippen molar-refractivity contribution in [3.8, 4) is 0 Å². The Morgan fingerprint density at radius 1 is 1.43 bits per heavy atom. The SMILES string of the molecule is C=[C-]N(C)C.[CH3-].[Y]. The molecule has 2 heteroatoms. The second-order valence-electron chi connectivity index (χ2n) is 1.05.